The predicted molar refractivity (Wildman–Crippen MR) is 66.3 cm³/mol. The van der Waals surface area contributed by atoms with Crippen LogP contribution in [0, 0.1) is 0 Å². The van der Waals surface area contributed by atoms with E-state index in [0.29, 0.717) is 18.4 Å². The summed E-state index contributed by atoms with van der Waals surface area (Å²) in [6.45, 7) is 1.86. The number of hydrogen-bond donors (Lipinski definition) is 3. The fraction of sp³-hybridized carbons (Fsp3) is 0.385. The second-order valence-corrected chi connectivity index (χ2v) is 4.09. The van der Waals surface area contributed by atoms with E-state index >= 15 is 0 Å². The highest BCUT2D eigenvalue weighted by Crippen LogP contribution is 2.11. The van der Waals surface area contributed by atoms with Crippen LogP contribution in [0.3, 0.4) is 0 Å². The highest BCUT2D eigenvalue weighted by Gasteiger charge is 2.18. The molecule has 98 valence electrons. The van der Waals surface area contributed by atoms with Crippen molar-refractivity contribution in [1.29, 1.82) is 0 Å². The Hall–Kier alpha value is -2.04. The molecule has 0 saturated carbocycles. The summed E-state index contributed by atoms with van der Waals surface area (Å²) in [6.07, 6.45) is 1.15. The Labute approximate surface area is 105 Å². The average molecular weight is 251 g/mol. The lowest BCUT2D eigenvalue weighted by molar-refractivity contribution is -0.141. The Morgan fingerprint density at radius 3 is 2.67 bits per heavy atom. The van der Waals surface area contributed by atoms with Crippen molar-refractivity contribution < 1.29 is 19.8 Å². The SMILES string of the molecule is CCC[C@H](NC(=O)Cc1cccc(O)c1)C(=O)O. The van der Waals surface area contributed by atoms with Gasteiger partial charge in [0.1, 0.15) is 11.8 Å². The zero-order valence-electron chi connectivity index (χ0n) is 10.2. The molecular formula is C13H17NO4. The van der Waals surface area contributed by atoms with Crippen LogP contribution < -0.4 is 5.32 Å². The molecule has 1 amide bonds. The number of carboxylic acid groups (broad SMARTS) is 1. The summed E-state index contributed by atoms with van der Waals surface area (Å²) >= 11 is 0. The molecule has 0 unspecified atom stereocenters. The summed E-state index contributed by atoms with van der Waals surface area (Å²) in [7, 11) is 0. The molecule has 0 aliphatic carbocycles. The van der Waals surface area contributed by atoms with E-state index in [1.54, 1.807) is 12.1 Å². The van der Waals surface area contributed by atoms with Crippen LogP contribution in [0.1, 0.15) is 25.3 Å². The second kappa shape index (κ2) is 6.64. The third-order valence-corrected chi connectivity index (χ3v) is 2.49. The first-order valence-corrected chi connectivity index (χ1v) is 5.83. The Morgan fingerprint density at radius 2 is 2.11 bits per heavy atom. The molecule has 5 nitrogen and oxygen atoms in total. The number of amides is 1. The van der Waals surface area contributed by atoms with Crippen molar-refractivity contribution in [3.63, 3.8) is 0 Å². The van der Waals surface area contributed by atoms with Crippen LogP contribution in [0.25, 0.3) is 0 Å². The van der Waals surface area contributed by atoms with E-state index in [1.807, 2.05) is 6.92 Å². The fourth-order valence-electron chi connectivity index (χ4n) is 1.64. The molecule has 0 radical (unpaired) electrons. The highest BCUT2D eigenvalue weighted by molar-refractivity contribution is 5.84. The van der Waals surface area contributed by atoms with Crippen LogP contribution in [0.4, 0.5) is 0 Å². The van der Waals surface area contributed by atoms with Crippen LogP contribution >= 0.6 is 0 Å². The molecule has 18 heavy (non-hydrogen) atoms. The normalized spacial score (nSPS) is 11.8. The smallest absolute Gasteiger partial charge is 0.326 e. The number of rotatable bonds is 6. The van der Waals surface area contributed by atoms with Gasteiger partial charge in [-0.25, -0.2) is 4.79 Å². The predicted octanol–water partition coefficient (Wildman–Crippen LogP) is 1.30. The van der Waals surface area contributed by atoms with Crippen molar-refractivity contribution in [1.82, 2.24) is 5.32 Å². The van der Waals surface area contributed by atoms with Crippen molar-refractivity contribution in [2.75, 3.05) is 0 Å². The number of phenolic OH excluding ortho intramolecular Hbond substituents is 1. The average Bonchev–Trinajstić information content (AvgIpc) is 2.28. The maximum absolute atomic E-state index is 11.7. The summed E-state index contributed by atoms with van der Waals surface area (Å²) in [4.78, 5) is 22.5. The quantitative estimate of drug-likeness (QED) is 0.711. The molecule has 0 fully saturated rings. The van der Waals surface area contributed by atoms with Gasteiger partial charge < -0.3 is 15.5 Å². The zero-order chi connectivity index (χ0) is 13.5. The molecule has 1 rings (SSSR count). The van der Waals surface area contributed by atoms with Gasteiger partial charge in [0, 0.05) is 0 Å². The van der Waals surface area contributed by atoms with Gasteiger partial charge >= 0.3 is 5.97 Å². The molecule has 0 aliphatic heterocycles. The third-order valence-electron chi connectivity index (χ3n) is 2.49. The fourth-order valence-corrected chi connectivity index (χ4v) is 1.64. The largest absolute Gasteiger partial charge is 0.508 e. The van der Waals surface area contributed by atoms with Gasteiger partial charge in [0.15, 0.2) is 0 Å². The van der Waals surface area contributed by atoms with Crippen molar-refractivity contribution in [3.8, 4) is 5.75 Å². The number of nitrogens with one attached hydrogen (secondary N) is 1. The van der Waals surface area contributed by atoms with Crippen molar-refractivity contribution in [2.45, 2.75) is 32.2 Å². The number of aliphatic carboxylic acids is 1. The van der Waals surface area contributed by atoms with E-state index in [0.717, 1.165) is 0 Å². The number of phenols is 1. The molecule has 0 spiro atoms. The van der Waals surface area contributed by atoms with Gasteiger partial charge in [-0.2, -0.15) is 0 Å². The number of carboxylic acids is 1. The number of carbonyl (C=O) groups is 2. The molecule has 0 aromatic heterocycles. The van der Waals surface area contributed by atoms with Gasteiger partial charge in [-0.1, -0.05) is 25.5 Å². The molecular weight excluding hydrogens is 234 g/mol. The molecule has 0 saturated heterocycles. The minimum Gasteiger partial charge on any atom is -0.508 e. The van der Waals surface area contributed by atoms with Crippen LogP contribution in [0.15, 0.2) is 24.3 Å². The highest BCUT2D eigenvalue weighted by atomic mass is 16.4. The van der Waals surface area contributed by atoms with Crippen LogP contribution in [0.2, 0.25) is 0 Å². The lowest BCUT2D eigenvalue weighted by Crippen LogP contribution is -2.41. The summed E-state index contributed by atoms with van der Waals surface area (Å²) in [5, 5.41) is 20.6. The minimum atomic E-state index is -1.03. The standard InChI is InChI=1S/C13H17NO4/c1-2-4-11(13(17)18)14-12(16)8-9-5-3-6-10(15)7-9/h3,5-7,11,15H,2,4,8H2,1H3,(H,14,16)(H,17,18)/t11-/m0/s1. The topological polar surface area (TPSA) is 86.6 Å². The summed E-state index contributed by atoms with van der Waals surface area (Å²) in [6, 6.07) is 5.49. The summed E-state index contributed by atoms with van der Waals surface area (Å²) < 4.78 is 0. The van der Waals surface area contributed by atoms with E-state index in [4.69, 9.17) is 5.11 Å². The lowest BCUT2D eigenvalue weighted by atomic mass is 10.1. The second-order valence-electron chi connectivity index (χ2n) is 4.09. The number of hydrogen-bond acceptors (Lipinski definition) is 3. The maximum atomic E-state index is 11.7. The van der Waals surface area contributed by atoms with Crippen molar-refractivity contribution in [3.05, 3.63) is 29.8 Å². The van der Waals surface area contributed by atoms with Gasteiger partial charge in [-0.3, -0.25) is 4.79 Å². The maximum Gasteiger partial charge on any atom is 0.326 e. The molecule has 0 aliphatic rings. The minimum absolute atomic E-state index is 0.0574. The van der Waals surface area contributed by atoms with Crippen molar-refractivity contribution >= 4 is 11.9 Å². The number of carbonyl (C=O) groups excluding carboxylic acids is 1. The zero-order valence-corrected chi connectivity index (χ0v) is 10.2. The Kier molecular flexibility index (Phi) is 5.17. The van der Waals surface area contributed by atoms with Crippen LogP contribution in [-0.2, 0) is 16.0 Å². The van der Waals surface area contributed by atoms with Gasteiger partial charge in [0.05, 0.1) is 6.42 Å². The van der Waals surface area contributed by atoms with E-state index < -0.39 is 12.0 Å². The summed E-state index contributed by atoms with van der Waals surface area (Å²) in [5.74, 6) is -1.30. The van der Waals surface area contributed by atoms with E-state index in [2.05, 4.69) is 5.32 Å². The van der Waals surface area contributed by atoms with Crippen LogP contribution in [-0.4, -0.2) is 28.1 Å². The first kappa shape index (κ1) is 14.0. The molecule has 5 heteroatoms. The van der Waals surface area contributed by atoms with E-state index in [-0.39, 0.29) is 18.1 Å². The van der Waals surface area contributed by atoms with Gasteiger partial charge in [0.2, 0.25) is 5.91 Å². The van der Waals surface area contributed by atoms with Gasteiger partial charge in [-0.15, -0.1) is 0 Å². The monoisotopic (exact) mass is 251 g/mol. The van der Waals surface area contributed by atoms with Gasteiger partial charge in [0.25, 0.3) is 0 Å². The first-order chi connectivity index (χ1) is 8.52. The molecule has 3 N–H and O–H groups in total. The Morgan fingerprint density at radius 1 is 1.39 bits per heavy atom. The van der Waals surface area contributed by atoms with Crippen molar-refractivity contribution in [2.24, 2.45) is 0 Å². The molecule has 1 atom stereocenters. The molecule has 1 aromatic carbocycles. The molecule has 1 aromatic rings. The Balaban J connectivity index is 2.57. The number of benzene rings is 1. The molecule has 0 heterocycles. The van der Waals surface area contributed by atoms with Gasteiger partial charge in [-0.05, 0) is 24.1 Å². The van der Waals surface area contributed by atoms with Crippen LogP contribution in [0.5, 0.6) is 5.75 Å². The first-order valence-electron chi connectivity index (χ1n) is 5.83. The summed E-state index contributed by atoms with van der Waals surface area (Å²) in [5.41, 5.74) is 0.646. The molecule has 0 bridgehead atoms. The Bertz CT molecular complexity index is 431. The lowest BCUT2D eigenvalue weighted by Gasteiger charge is -2.13. The van der Waals surface area contributed by atoms with E-state index in [1.165, 1.54) is 12.1 Å². The van der Waals surface area contributed by atoms with E-state index in [9.17, 15) is 14.7 Å². The number of aromatic hydroxyl groups is 1. The third kappa shape index (κ3) is 4.45.